The summed E-state index contributed by atoms with van der Waals surface area (Å²) in [5.74, 6) is 1.25. The van der Waals surface area contributed by atoms with E-state index in [9.17, 15) is 0 Å². The number of para-hydroxylation sites is 2. The molecule has 2 rings (SSSR count). The molecule has 0 aliphatic rings. The van der Waals surface area contributed by atoms with Gasteiger partial charge in [-0.25, -0.2) is 0 Å². The minimum atomic E-state index is 0.407. The maximum Gasteiger partial charge on any atom is 0.191 e. The molecule has 0 saturated heterocycles. The monoisotopic (exact) mass is 327 g/mol. The fraction of sp³-hybridized carbons (Fsp3) is 0.222. The van der Waals surface area contributed by atoms with E-state index in [0.717, 1.165) is 17.0 Å². The molecule has 0 atom stereocenters. The summed E-state index contributed by atoms with van der Waals surface area (Å²) in [5, 5.41) is 7.61. The van der Waals surface area contributed by atoms with Crippen LogP contribution in [0.25, 0.3) is 0 Å². The normalized spacial score (nSPS) is 10.8. The van der Waals surface area contributed by atoms with Crippen LogP contribution in [-0.2, 0) is 0 Å². The topological polar surface area (TPSA) is 45.6 Å². The van der Waals surface area contributed by atoms with E-state index in [4.69, 9.17) is 17.0 Å². The highest BCUT2D eigenvalue weighted by Gasteiger charge is 2.02. The zero-order chi connectivity index (χ0) is 16.7. The molecule has 0 saturated carbocycles. The first-order valence-electron chi connectivity index (χ1n) is 7.43. The van der Waals surface area contributed by atoms with Crippen LogP contribution in [0, 0.1) is 0 Å². The molecule has 0 heterocycles. The van der Waals surface area contributed by atoms with Gasteiger partial charge in [0.25, 0.3) is 0 Å². The molecule has 0 aromatic heterocycles. The van der Waals surface area contributed by atoms with Gasteiger partial charge in [0.1, 0.15) is 5.75 Å². The number of thiocarbonyl (C=S) groups is 1. The molecular weight excluding hydrogens is 306 g/mol. The number of hydrazone groups is 1. The minimum absolute atomic E-state index is 0.407. The Bertz CT molecular complexity index is 681. The fourth-order valence-corrected chi connectivity index (χ4v) is 2.19. The highest BCUT2D eigenvalue weighted by Crippen LogP contribution is 2.22. The number of hydrogen-bond acceptors (Lipinski definition) is 3. The standard InChI is InChI=1S/C18H21N3OS/c1-13(2)15-10-8-14(9-11-15)12-19-21-18(23)20-16-6-4-5-7-17(16)22-3/h4-13H,1-3H3,(H2,20,21,23)/b19-12-. The Morgan fingerprint density at radius 2 is 1.83 bits per heavy atom. The molecule has 2 aromatic carbocycles. The molecule has 0 amide bonds. The van der Waals surface area contributed by atoms with Gasteiger partial charge in [-0.3, -0.25) is 5.43 Å². The van der Waals surface area contributed by atoms with Gasteiger partial charge >= 0.3 is 0 Å². The maximum absolute atomic E-state index is 5.26. The molecular formula is C18H21N3OS. The smallest absolute Gasteiger partial charge is 0.191 e. The minimum Gasteiger partial charge on any atom is -0.495 e. The summed E-state index contributed by atoms with van der Waals surface area (Å²) in [7, 11) is 1.62. The van der Waals surface area contributed by atoms with Gasteiger partial charge in [0, 0.05) is 0 Å². The molecule has 0 bridgehead atoms. The molecule has 0 spiro atoms. The summed E-state index contributed by atoms with van der Waals surface area (Å²) < 4.78 is 5.26. The molecule has 2 aromatic rings. The molecule has 23 heavy (non-hydrogen) atoms. The van der Waals surface area contributed by atoms with E-state index in [2.05, 4.69) is 41.8 Å². The van der Waals surface area contributed by atoms with Gasteiger partial charge in [0.05, 0.1) is 19.0 Å². The summed E-state index contributed by atoms with van der Waals surface area (Å²) in [5.41, 5.74) is 5.92. The van der Waals surface area contributed by atoms with Crippen LogP contribution in [0.5, 0.6) is 5.75 Å². The maximum atomic E-state index is 5.26. The molecule has 2 N–H and O–H groups in total. The molecule has 120 valence electrons. The van der Waals surface area contributed by atoms with Crippen molar-refractivity contribution < 1.29 is 4.74 Å². The third kappa shape index (κ3) is 5.07. The van der Waals surface area contributed by atoms with Gasteiger partial charge in [-0.1, -0.05) is 50.2 Å². The zero-order valence-electron chi connectivity index (χ0n) is 13.5. The van der Waals surface area contributed by atoms with Crippen molar-refractivity contribution in [3.8, 4) is 5.75 Å². The third-order valence-corrected chi connectivity index (χ3v) is 3.53. The molecule has 0 unspecified atom stereocenters. The van der Waals surface area contributed by atoms with Gasteiger partial charge in [-0.15, -0.1) is 0 Å². The van der Waals surface area contributed by atoms with Crippen molar-refractivity contribution in [2.45, 2.75) is 19.8 Å². The quantitative estimate of drug-likeness (QED) is 0.492. The van der Waals surface area contributed by atoms with Gasteiger partial charge in [-0.2, -0.15) is 5.10 Å². The van der Waals surface area contributed by atoms with E-state index >= 15 is 0 Å². The van der Waals surface area contributed by atoms with Crippen LogP contribution in [0.4, 0.5) is 5.69 Å². The molecule has 0 fully saturated rings. The van der Waals surface area contributed by atoms with Crippen molar-refractivity contribution in [3.63, 3.8) is 0 Å². The highest BCUT2D eigenvalue weighted by atomic mass is 32.1. The Kier molecular flexibility index (Phi) is 6.11. The third-order valence-electron chi connectivity index (χ3n) is 3.34. The first-order chi connectivity index (χ1) is 11.1. The number of nitrogens with one attached hydrogen (secondary N) is 2. The second-order valence-electron chi connectivity index (χ2n) is 5.35. The summed E-state index contributed by atoms with van der Waals surface area (Å²) >= 11 is 5.22. The number of rotatable bonds is 5. The van der Waals surface area contributed by atoms with Crippen LogP contribution in [0.3, 0.4) is 0 Å². The average Bonchev–Trinajstić information content (AvgIpc) is 2.56. The number of hydrogen-bond donors (Lipinski definition) is 2. The van der Waals surface area contributed by atoms with Crippen LogP contribution in [0.2, 0.25) is 0 Å². The molecule has 0 aliphatic heterocycles. The number of ether oxygens (including phenoxy) is 1. The van der Waals surface area contributed by atoms with Crippen molar-refractivity contribution in [1.29, 1.82) is 0 Å². The molecule has 4 nitrogen and oxygen atoms in total. The average molecular weight is 327 g/mol. The summed E-state index contributed by atoms with van der Waals surface area (Å²) in [4.78, 5) is 0. The van der Waals surface area contributed by atoms with Crippen LogP contribution in [0.15, 0.2) is 53.6 Å². The van der Waals surface area contributed by atoms with E-state index < -0.39 is 0 Å². The Hall–Kier alpha value is -2.40. The van der Waals surface area contributed by atoms with E-state index in [1.54, 1.807) is 13.3 Å². The Morgan fingerprint density at radius 3 is 2.48 bits per heavy atom. The van der Waals surface area contributed by atoms with Crippen LogP contribution >= 0.6 is 12.2 Å². The second-order valence-corrected chi connectivity index (χ2v) is 5.75. The van der Waals surface area contributed by atoms with Gasteiger partial charge in [0.15, 0.2) is 5.11 Å². The highest BCUT2D eigenvalue weighted by molar-refractivity contribution is 7.80. The molecule has 0 aliphatic carbocycles. The Morgan fingerprint density at radius 1 is 1.13 bits per heavy atom. The number of nitrogens with zero attached hydrogens (tertiary/aromatic N) is 1. The summed E-state index contributed by atoms with van der Waals surface area (Å²) in [6.45, 7) is 4.35. The van der Waals surface area contributed by atoms with Gasteiger partial charge < -0.3 is 10.1 Å². The lowest BCUT2D eigenvalue weighted by atomic mass is 10.0. The van der Waals surface area contributed by atoms with Crippen LogP contribution in [0.1, 0.15) is 30.9 Å². The van der Waals surface area contributed by atoms with E-state index in [1.165, 1.54) is 5.56 Å². The van der Waals surface area contributed by atoms with E-state index in [1.807, 2.05) is 36.4 Å². The van der Waals surface area contributed by atoms with Crippen LogP contribution in [-0.4, -0.2) is 18.4 Å². The van der Waals surface area contributed by atoms with Crippen molar-refractivity contribution in [3.05, 3.63) is 59.7 Å². The predicted octanol–water partition coefficient (Wildman–Crippen LogP) is 4.14. The summed E-state index contributed by atoms with van der Waals surface area (Å²) in [6.07, 6.45) is 1.74. The summed E-state index contributed by atoms with van der Waals surface area (Å²) in [6, 6.07) is 15.9. The van der Waals surface area contributed by atoms with Gasteiger partial charge in [0.2, 0.25) is 0 Å². The lowest BCUT2D eigenvalue weighted by Gasteiger charge is -2.10. The second kappa shape index (κ2) is 8.29. The van der Waals surface area contributed by atoms with E-state index in [0.29, 0.717) is 11.0 Å². The first kappa shape index (κ1) is 17.0. The first-order valence-corrected chi connectivity index (χ1v) is 7.84. The number of anilines is 1. The van der Waals surface area contributed by atoms with Crippen molar-refractivity contribution in [2.24, 2.45) is 5.10 Å². The molecule has 0 radical (unpaired) electrons. The Labute approximate surface area is 142 Å². The lowest BCUT2D eigenvalue weighted by Crippen LogP contribution is -2.24. The zero-order valence-corrected chi connectivity index (χ0v) is 14.4. The number of benzene rings is 2. The fourth-order valence-electron chi connectivity index (χ4n) is 2.03. The van der Waals surface area contributed by atoms with E-state index in [-0.39, 0.29) is 0 Å². The largest absolute Gasteiger partial charge is 0.495 e. The van der Waals surface area contributed by atoms with Gasteiger partial charge in [-0.05, 0) is 41.4 Å². The number of methoxy groups -OCH3 is 1. The lowest BCUT2D eigenvalue weighted by molar-refractivity contribution is 0.417. The Balaban J connectivity index is 1.91. The molecule has 5 heteroatoms. The van der Waals surface area contributed by atoms with Crippen molar-refractivity contribution >= 4 is 29.2 Å². The predicted molar refractivity (Wildman–Crippen MR) is 100 cm³/mol. The SMILES string of the molecule is COc1ccccc1NC(=S)N/N=C\c1ccc(C(C)C)cc1. The van der Waals surface area contributed by atoms with Crippen molar-refractivity contribution in [1.82, 2.24) is 5.43 Å². The van der Waals surface area contributed by atoms with Crippen molar-refractivity contribution in [2.75, 3.05) is 12.4 Å². The van der Waals surface area contributed by atoms with Crippen LogP contribution < -0.4 is 15.5 Å².